The molecule has 0 N–H and O–H groups in total. The van der Waals surface area contributed by atoms with Crippen LogP contribution >= 0.6 is 11.3 Å². The summed E-state index contributed by atoms with van der Waals surface area (Å²) in [5, 5.41) is 2.53. The summed E-state index contributed by atoms with van der Waals surface area (Å²) in [6, 6.07) is 3.51. The second-order valence-corrected chi connectivity index (χ2v) is 3.79. The van der Waals surface area contributed by atoms with Gasteiger partial charge in [0.1, 0.15) is 11.6 Å². The molecule has 1 aromatic carbocycles. The first-order valence-electron chi connectivity index (χ1n) is 3.94. The Labute approximate surface area is 79.8 Å². The third-order valence-corrected chi connectivity index (χ3v) is 2.97. The van der Waals surface area contributed by atoms with Crippen LogP contribution in [0, 0.1) is 12.7 Å². The molecule has 2 rings (SSSR count). The lowest BCUT2D eigenvalue weighted by atomic mass is 10.1. The topological polar surface area (TPSA) is 9.23 Å². The zero-order valence-corrected chi connectivity index (χ0v) is 8.24. The van der Waals surface area contributed by atoms with Crippen molar-refractivity contribution in [3.63, 3.8) is 0 Å². The molecule has 68 valence electrons. The average molecular weight is 196 g/mol. The van der Waals surface area contributed by atoms with E-state index in [4.69, 9.17) is 4.74 Å². The third kappa shape index (κ3) is 1.20. The molecule has 0 saturated heterocycles. The minimum Gasteiger partial charge on any atom is -0.495 e. The molecule has 0 amide bonds. The maximum atomic E-state index is 13.5. The minimum absolute atomic E-state index is 0.142. The van der Waals surface area contributed by atoms with Gasteiger partial charge in [-0.2, -0.15) is 0 Å². The van der Waals surface area contributed by atoms with Gasteiger partial charge in [0, 0.05) is 5.39 Å². The summed E-state index contributed by atoms with van der Waals surface area (Å²) in [6.07, 6.45) is 0. The quantitative estimate of drug-likeness (QED) is 0.679. The van der Waals surface area contributed by atoms with Crippen LogP contribution in [-0.4, -0.2) is 7.11 Å². The number of methoxy groups -OCH3 is 1. The second kappa shape index (κ2) is 3.00. The number of aryl methyl sites for hydroxylation is 1. The fourth-order valence-corrected chi connectivity index (χ4v) is 2.25. The van der Waals surface area contributed by atoms with Crippen LogP contribution in [0.15, 0.2) is 17.5 Å². The first kappa shape index (κ1) is 8.51. The van der Waals surface area contributed by atoms with Gasteiger partial charge in [0.15, 0.2) is 0 Å². The minimum atomic E-state index is -0.142. The van der Waals surface area contributed by atoms with Gasteiger partial charge >= 0.3 is 0 Å². The zero-order chi connectivity index (χ0) is 9.42. The van der Waals surface area contributed by atoms with Crippen molar-refractivity contribution in [3.05, 3.63) is 28.9 Å². The molecule has 0 saturated carbocycles. The summed E-state index contributed by atoms with van der Waals surface area (Å²) >= 11 is 1.50. The van der Waals surface area contributed by atoms with Crippen LogP contribution < -0.4 is 4.74 Å². The van der Waals surface area contributed by atoms with E-state index in [-0.39, 0.29) is 5.82 Å². The van der Waals surface area contributed by atoms with Gasteiger partial charge in [-0.25, -0.2) is 4.39 Å². The van der Waals surface area contributed by atoms with Crippen LogP contribution in [0.2, 0.25) is 0 Å². The van der Waals surface area contributed by atoms with Crippen LogP contribution in [0.1, 0.15) is 5.56 Å². The third-order valence-electron chi connectivity index (χ3n) is 2.04. The number of hydrogen-bond donors (Lipinski definition) is 0. The van der Waals surface area contributed by atoms with Gasteiger partial charge in [0.25, 0.3) is 0 Å². The van der Waals surface area contributed by atoms with Crippen molar-refractivity contribution in [3.8, 4) is 5.75 Å². The smallest absolute Gasteiger partial charge is 0.137 e. The van der Waals surface area contributed by atoms with Crippen molar-refractivity contribution in [1.82, 2.24) is 0 Å². The van der Waals surface area contributed by atoms with E-state index in [0.717, 1.165) is 10.4 Å². The fraction of sp³-hybridized carbons (Fsp3) is 0.200. The molecule has 1 nitrogen and oxygen atoms in total. The largest absolute Gasteiger partial charge is 0.495 e. The van der Waals surface area contributed by atoms with Crippen LogP contribution in [0.5, 0.6) is 5.75 Å². The van der Waals surface area contributed by atoms with Crippen molar-refractivity contribution < 1.29 is 9.13 Å². The molecule has 1 heterocycles. The molecule has 0 aliphatic rings. The first-order valence-corrected chi connectivity index (χ1v) is 4.82. The fourth-order valence-electron chi connectivity index (χ4n) is 1.36. The molecule has 0 spiro atoms. The number of thiophene rings is 1. The standard InChI is InChI=1S/C10H9FOS/c1-6-5-8(12-2)10-7(9(6)11)3-4-13-10/h3-5H,1-2H3. The normalized spacial score (nSPS) is 10.7. The Hall–Kier alpha value is -1.09. The van der Waals surface area contributed by atoms with Gasteiger partial charge in [-0.05, 0) is 30.0 Å². The van der Waals surface area contributed by atoms with Crippen molar-refractivity contribution in [2.45, 2.75) is 6.92 Å². The van der Waals surface area contributed by atoms with Gasteiger partial charge in [0.05, 0.1) is 11.8 Å². The van der Waals surface area contributed by atoms with Crippen molar-refractivity contribution >= 4 is 21.4 Å². The van der Waals surface area contributed by atoms with Gasteiger partial charge < -0.3 is 4.74 Å². The predicted molar refractivity (Wildman–Crippen MR) is 53.1 cm³/mol. The highest BCUT2D eigenvalue weighted by atomic mass is 32.1. The Bertz CT molecular complexity index is 447. The van der Waals surface area contributed by atoms with Crippen LogP contribution in [0.3, 0.4) is 0 Å². The van der Waals surface area contributed by atoms with Gasteiger partial charge in [-0.3, -0.25) is 0 Å². The molecular weight excluding hydrogens is 187 g/mol. The highest BCUT2D eigenvalue weighted by Gasteiger charge is 2.10. The van der Waals surface area contributed by atoms with Crippen molar-refractivity contribution in [2.75, 3.05) is 7.11 Å². The van der Waals surface area contributed by atoms with Crippen LogP contribution in [0.4, 0.5) is 4.39 Å². The van der Waals surface area contributed by atoms with E-state index in [9.17, 15) is 4.39 Å². The Morgan fingerprint density at radius 2 is 2.23 bits per heavy atom. The molecule has 0 fully saturated rings. The second-order valence-electron chi connectivity index (χ2n) is 2.87. The molecule has 2 aromatic rings. The van der Waals surface area contributed by atoms with Crippen LogP contribution in [0.25, 0.3) is 10.1 Å². The molecule has 0 unspecified atom stereocenters. The molecular formula is C10H9FOS. The van der Waals surface area contributed by atoms with E-state index in [1.807, 2.05) is 5.38 Å². The number of fused-ring (bicyclic) bond motifs is 1. The molecule has 1 aromatic heterocycles. The Balaban J connectivity index is 2.87. The Morgan fingerprint density at radius 1 is 1.46 bits per heavy atom. The molecule has 0 atom stereocenters. The van der Waals surface area contributed by atoms with Gasteiger partial charge in [0.2, 0.25) is 0 Å². The highest BCUT2D eigenvalue weighted by Crippen LogP contribution is 2.34. The summed E-state index contributed by atoms with van der Waals surface area (Å²) in [5.74, 6) is 0.612. The number of ether oxygens (including phenoxy) is 1. The summed E-state index contributed by atoms with van der Waals surface area (Å²) in [4.78, 5) is 0. The van der Waals surface area contributed by atoms with E-state index < -0.39 is 0 Å². The summed E-state index contributed by atoms with van der Waals surface area (Å²) in [5.41, 5.74) is 0.628. The van der Waals surface area contributed by atoms with E-state index in [2.05, 4.69) is 0 Å². The number of hydrogen-bond acceptors (Lipinski definition) is 2. The summed E-state index contributed by atoms with van der Waals surface area (Å²) in [7, 11) is 1.60. The molecule has 3 heteroatoms. The molecule has 13 heavy (non-hydrogen) atoms. The Morgan fingerprint density at radius 3 is 2.92 bits per heavy atom. The van der Waals surface area contributed by atoms with Crippen LogP contribution in [-0.2, 0) is 0 Å². The lowest BCUT2D eigenvalue weighted by molar-refractivity contribution is 0.419. The lowest BCUT2D eigenvalue weighted by Gasteiger charge is -2.04. The first-order chi connectivity index (χ1) is 6.24. The summed E-state index contributed by atoms with van der Waals surface area (Å²) < 4.78 is 19.5. The van der Waals surface area contributed by atoms with E-state index >= 15 is 0 Å². The maximum Gasteiger partial charge on any atom is 0.137 e. The number of benzene rings is 1. The van der Waals surface area contributed by atoms with E-state index in [1.165, 1.54) is 11.3 Å². The zero-order valence-electron chi connectivity index (χ0n) is 7.43. The lowest BCUT2D eigenvalue weighted by Crippen LogP contribution is -1.88. The molecule has 0 aliphatic carbocycles. The number of halogens is 1. The van der Waals surface area contributed by atoms with Gasteiger partial charge in [-0.1, -0.05) is 0 Å². The van der Waals surface area contributed by atoms with Gasteiger partial charge in [-0.15, -0.1) is 11.3 Å². The molecule has 0 aliphatic heterocycles. The monoisotopic (exact) mass is 196 g/mol. The van der Waals surface area contributed by atoms with E-state index in [1.54, 1.807) is 26.2 Å². The maximum absolute atomic E-state index is 13.5. The predicted octanol–water partition coefficient (Wildman–Crippen LogP) is 3.36. The number of rotatable bonds is 1. The Kier molecular flexibility index (Phi) is 1.96. The molecule has 0 bridgehead atoms. The molecule has 0 radical (unpaired) electrons. The SMILES string of the molecule is COc1cc(C)c(F)c2ccsc12. The highest BCUT2D eigenvalue weighted by molar-refractivity contribution is 7.17. The van der Waals surface area contributed by atoms with Crippen molar-refractivity contribution in [1.29, 1.82) is 0 Å². The summed E-state index contributed by atoms with van der Waals surface area (Å²) in [6.45, 7) is 1.74. The average Bonchev–Trinajstić information content (AvgIpc) is 2.60. The van der Waals surface area contributed by atoms with E-state index in [0.29, 0.717) is 10.9 Å². The van der Waals surface area contributed by atoms with Crippen molar-refractivity contribution in [2.24, 2.45) is 0 Å².